The molecular weight excluding hydrogens is 364 g/mol. The molecular formula is C20H23ClN4O2. The van der Waals surface area contributed by atoms with Crippen molar-refractivity contribution in [2.24, 2.45) is 5.92 Å². The third-order valence-corrected chi connectivity index (χ3v) is 5.53. The van der Waals surface area contributed by atoms with Gasteiger partial charge in [0.15, 0.2) is 5.82 Å². The fourth-order valence-electron chi connectivity index (χ4n) is 3.67. The molecule has 2 aromatic rings. The lowest BCUT2D eigenvalue weighted by Crippen LogP contribution is -2.47. The van der Waals surface area contributed by atoms with Crippen LogP contribution in [0, 0.1) is 5.92 Å². The normalized spacial score (nSPS) is 18.6. The topological polar surface area (TPSA) is 58.6 Å². The van der Waals surface area contributed by atoms with Crippen molar-refractivity contribution in [2.75, 3.05) is 44.3 Å². The maximum absolute atomic E-state index is 12.6. The summed E-state index contributed by atoms with van der Waals surface area (Å²) < 4.78 is 5.34. The first kappa shape index (κ1) is 18.2. The van der Waals surface area contributed by atoms with Crippen molar-refractivity contribution in [3.8, 4) is 11.3 Å². The van der Waals surface area contributed by atoms with E-state index in [1.54, 1.807) is 0 Å². The molecule has 3 heterocycles. The molecule has 2 aliphatic heterocycles. The van der Waals surface area contributed by atoms with Crippen LogP contribution in [0.2, 0.25) is 5.02 Å². The first-order valence-electron chi connectivity index (χ1n) is 9.42. The Kier molecular flexibility index (Phi) is 5.55. The highest BCUT2D eigenvalue weighted by Gasteiger charge is 2.29. The summed E-state index contributed by atoms with van der Waals surface area (Å²) >= 11 is 5.93. The number of aromatic nitrogens is 2. The molecule has 0 unspecified atom stereocenters. The number of anilines is 1. The van der Waals surface area contributed by atoms with Crippen LogP contribution in [0.1, 0.15) is 12.8 Å². The Morgan fingerprint density at radius 1 is 0.963 bits per heavy atom. The van der Waals surface area contributed by atoms with E-state index in [1.807, 2.05) is 41.3 Å². The summed E-state index contributed by atoms with van der Waals surface area (Å²) in [7, 11) is 0. The summed E-state index contributed by atoms with van der Waals surface area (Å²) in [6, 6.07) is 11.6. The van der Waals surface area contributed by atoms with Gasteiger partial charge in [0, 0.05) is 42.7 Å². The lowest BCUT2D eigenvalue weighted by Gasteiger charge is -2.35. The predicted octanol–water partition coefficient (Wildman–Crippen LogP) is 2.87. The Labute approximate surface area is 164 Å². The average Bonchev–Trinajstić information content (AvgIpc) is 2.75. The minimum absolute atomic E-state index is 0.112. The van der Waals surface area contributed by atoms with Gasteiger partial charge in [0.2, 0.25) is 5.91 Å². The number of amides is 1. The van der Waals surface area contributed by atoms with E-state index in [2.05, 4.69) is 15.1 Å². The van der Waals surface area contributed by atoms with Crippen molar-refractivity contribution in [2.45, 2.75) is 12.8 Å². The van der Waals surface area contributed by atoms with Crippen molar-refractivity contribution in [3.05, 3.63) is 41.4 Å². The van der Waals surface area contributed by atoms with Gasteiger partial charge in [-0.2, -0.15) is 0 Å². The molecule has 1 aromatic heterocycles. The molecule has 0 radical (unpaired) electrons. The molecule has 4 rings (SSSR count). The Hall–Kier alpha value is -2.18. The number of rotatable bonds is 3. The number of carbonyl (C=O) groups excluding carboxylic acids is 1. The minimum atomic E-state index is 0.112. The van der Waals surface area contributed by atoms with Gasteiger partial charge in [0.1, 0.15) is 0 Å². The zero-order chi connectivity index (χ0) is 18.6. The highest BCUT2D eigenvalue weighted by Crippen LogP contribution is 2.25. The number of halogens is 1. The first-order chi connectivity index (χ1) is 13.2. The predicted molar refractivity (Wildman–Crippen MR) is 105 cm³/mol. The van der Waals surface area contributed by atoms with E-state index < -0.39 is 0 Å². The third kappa shape index (κ3) is 4.22. The largest absolute Gasteiger partial charge is 0.378 e. The van der Waals surface area contributed by atoms with Gasteiger partial charge in [0.25, 0.3) is 0 Å². The summed E-state index contributed by atoms with van der Waals surface area (Å²) in [4.78, 5) is 16.8. The van der Waals surface area contributed by atoms with Gasteiger partial charge in [-0.1, -0.05) is 23.7 Å². The molecule has 2 aliphatic rings. The summed E-state index contributed by atoms with van der Waals surface area (Å²) in [6.45, 7) is 4.40. The van der Waals surface area contributed by atoms with Crippen molar-refractivity contribution in [1.29, 1.82) is 0 Å². The van der Waals surface area contributed by atoms with E-state index in [9.17, 15) is 4.79 Å². The summed E-state index contributed by atoms with van der Waals surface area (Å²) in [5.41, 5.74) is 1.82. The summed E-state index contributed by atoms with van der Waals surface area (Å²) in [6.07, 6.45) is 1.72. The number of hydrogen-bond acceptors (Lipinski definition) is 5. The second kappa shape index (κ2) is 8.23. The number of piperidine rings is 1. The Bertz CT molecular complexity index is 768. The van der Waals surface area contributed by atoms with Crippen LogP contribution in [-0.4, -0.2) is 60.4 Å². The van der Waals surface area contributed by atoms with Crippen molar-refractivity contribution in [1.82, 2.24) is 15.1 Å². The second-order valence-corrected chi connectivity index (χ2v) is 7.42. The SMILES string of the molecule is O=C(C1CCN(c2ccc(-c3ccc(Cl)cc3)nn2)CC1)N1CCOCC1. The molecule has 6 nitrogen and oxygen atoms in total. The van der Waals surface area contributed by atoms with Crippen LogP contribution < -0.4 is 4.90 Å². The number of benzene rings is 1. The zero-order valence-corrected chi connectivity index (χ0v) is 15.9. The summed E-state index contributed by atoms with van der Waals surface area (Å²) in [5, 5.41) is 9.46. The fourth-order valence-corrected chi connectivity index (χ4v) is 3.79. The van der Waals surface area contributed by atoms with Crippen molar-refractivity contribution >= 4 is 23.3 Å². The number of nitrogens with zero attached hydrogens (tertiary/aromatic N) is 4. The van der Waals surface area contributed by atoms with Crippen LogP contribution in [0.4, 0.5) is 5.82 Å². The highest BCUT2D eigenvalue weighted by atomic mass is 35.5. The molecule has 0 bridgehead atoms. The third-order valence-electron chi connectivity index (χ3n) is 5.28. The zero-order valence-electron chi connectivity index (χ0n) is 15.2. The van der Waals surface area contributed by atoms with Gasteiger partial charge >= 0.3 is 0 Å². The number of carbonyl (C=O) groups is 1. The van der Waals surface area contributed by atoms with Crippen LogP contribution in [-0.2, 0) is 9.53 Å². The molecule has 2 fully saturated rings. The van der Waals surface area contributed by atoms with Gasteiger partial charge in [-0.25, -0.2) is 0 Å². The first-order valence-corrected chi connectivity index (χ1v) is 9.79. The lowest BCUT2D eigenvalue weighted by atomic mass is 9.95. The Balaban J connectivity index is 1.35. The maximum Gasteiger partial charge on any atom is 0.225 e. The lowest BCUT2D eigenvalue weighted by molar-refractivity contribution is -0.140. The van der Waals surface area contributed by atoms with Crippen molar-refractivity contribution in [3.63, 3.8) is 0 Å². The number of ether oxygens (including phenoxy) is 1. The smallest absolute Gasteiger partial charge is 0.225 e. The standard InChI is InChI=1S/C20H23ClN4O2/c21-17-3-1-15(2-4-17)18-5-6-19(23-22-18)24-9-7-16(8-10-24)20(26)25-11-13-27-14-12-25/h1-6,16H,7-14H2. The highest BCUT2D eigenvalue weighted by molar-refractivity contribution is 6.30. The van der Waals surface area contributed by atoms with E-state index in [0.29, 0.717) is 18.2 Å². The molecule has 0 saturated carbocycles. The molecule has 2 saturated heterocycles. The van der Waals surface area contributed by atoms with Crippen LogP contribution in [0.3, 0.4) is 0 Å². The monoisotopic (exact) mass is 386 g/mol. The van der Waals surface area contributed by atoms with Gasteiger partial charge in [-0.3, -0.25) is 4.79 Å². The van der Waals surface area contributed by atoms with E-state index in [0.717, 1.165) is 56.1 Å². The van der Waals surface area contributed by atoms with Gasteiger partial charge in [-0.05, 0) is 37.1 Å². The fraction of sp³-hybridized carbons (Fsp3) is 0.450. The van der Waals surface area contributed by atoms with Crippen LogP contribution in [0.15, 0.2) is 36.4 Å². The molecule has 1 aromatic carbocycles. The Morgan fingerprint density at radius 2 is 1.67 bits per heavy atom. The minimum Gasteiger partial charge on any atom is -0.378 e. The van der Waals surface area contributed by atoms with Crippen LogP contribution in [0.25, 0.3) is 11.3 Å². The molecule has 0 N–H and O–H groups in total. The van der Waals surface area contributed by atoms with Gasteiger partial charge in [-0.15, -0.1) is 10.2 Å². The molecule has 27 heavy (non-hydrogen) atoms. The molecule has 142 valence electrons. The van der Waals surface area contributed by atoms with Crippen LogP contribution >= 0.6 is 11.6 Å². The van der Waals surface area contributed by atoms with Gasteiger partial charge < -0.3 is 14.5 Å². The quantitative estimate of drug-likeness (QED) is 0.811. The number of hydrogen-bond donors (Lipinski definition) is 0. The molecule has 0 atom stereocenters. The summed E-state index contributed by atoms with van der Waals surface area (Å²) in [5.74, 6) is 1.26. The molecule has 1 amide bonds. The van der Waals surface area contributed by atoms with Gasteiger partial charge in [0.05, 0.1) is 18.9 Å². The second-order valence-electron chi connectivity index (χ2n) is 6.98. The average molecular weight is 387 g/mol. The molecule has 7 heteroatoms. The van der Waals surface area contributed by atoms with E-state index in [4.69, 9.17) is 16.3 Å². The van der Waals surface area contributed by atoms with E-state index in [1.165, 1.54) is 0 Å². The van der Waals surface area contributed by atoms with E-state index >= 15 is 0 Å². The van der Waals surface area contributed by atoms with Crippen LogP contribution in [0.5, 0.6) is 0 Å². The maximum atomic E-state index is 12.6. The molecule has 0 spiro atoms. The Morgan fingerprint density at radius 3 is 2.30 bits per heavy atom. The molecule has 0 aliphatic carbocycles. The van der Waals surface area contributed by atoms with Crippen molar-refractivity contribution < 1.29 is 9.53 Å². The van der Waals surface area contributed by atoms with E-state index in [-0.39, 0.29) is 11.8 Å². The number of morpholine rings is 1.